The minimum Gasteiger partial charge on any atom is -0.497 e. The number of imidazole rings is 1. The van der Waals surface area contributed by atoms with E-state index in [1.807, 2.05) is 28.1 Å². The summed E-state index contributed by atoms with van der Waals surface area (Å²) in [7, 11) is 3.14. The van der Waals surface area contributed by atoms with Gasteiger partial charge < -0.3 is 14.8 Å². The smallest absolute Gasteiger partial charge is 0.273 e. The van der Waals surface area contributed by atoms with Crippen LogP contribution < -0.4 is 14.8 Å². The number of nitrogens with one attached hydrogen (secondary N) is 1. The second-order valence-corrected chi connectivity index (χ2v) is 7.22. The lowest BCUT2D eigenvalue weighted by atomic mass is 10.2. The van der Waals surface area contributed by atoms with E-state index in [-0.39, 0.29) is 5.91 Å². The van der Waals surface area contributed by atoms with Crippen molar-refractivity contribution in [3.8, 4) is 22.1 Å². The van der Waals surface area contributed by atoms with E-state index < -0.39 is 0 Å². The van der Waals surface area contributed by atoms with E-state index in [1.54, 1.807) is 49.1 Å². The minimum atomic E-state index is -0.221. The molecule has 0 atom stereocenters. The summed E-state index contributed by atoms with van der Waals surface area (Å²) in [5.74, 6) is 0.997. The zero-order chi connectivity index (χ0) is 18.1. The fourth-order valence-corrected chi connectivity index (χ4v) is 4.10. The maximum absolute atomic E-state index is 12.8. The lowest BCUT2D eigenvalue weighted by molar-refractivity contribution is 0.102. The number of ether oxygens (including phenoxy) is 2. The Morgan fingerprint density at radius 2 is 1.92 bits per heavy atom. The van der Waals surface area contributed by atoms with Gasteiger partial charge in [-0.2, -0.15) is 0 Å². The molecule has 0 aliphatic heterocycles. The van der Waals surface area contributed by atoms with Gasteiger partial charge in [0.15, 0.2) is 4.96 Å². The zero-order valence-corrected chi connectivity index (χ0v) is 15.7. The standard InChI is InChI=1S/C18H15N3O3S2/c1-23-12-6-11(7-13(8-12)24-2)19-17(22)15-10-26-18-20-14(9-21(15)18)16-4-3-5-25-16/h3-10H,1-2H3,(H,19,22). The third-order valence-electron chi connectivity index (χ3n) is 3.82. The van der Waals surface area contributed by atoms with Gasteiger partial charge in [0.05, 0.1) is 19.1 Å². The molecule has 0 aliphatic rings. The highest BCUT2D eigenvalue weighted by molar-refractivity contribution is 7.15. The van der Waals surface area contributed by atoms with Crippen molar-refractivity contribution in [3.63, 3.8) is 0 Å². The minimum absolute atomic E-state index is 0.221. The molecule has 0 bridgehead atoms. The summed E-state index contributed by atoms with van der Waals surface area (Å²) in [6.07, 6.45) is 1.89. The molecule has 0 saturated heterocycles. The molecular weight excluding hydrogens is 370 g/mol. The average molecular weight is 385 g/mol. The van der Waals surface area contributed by atoms with Crippen molar-refractivity contribution in [1.82, 2.24) is 9.38 Å². The number of nitrogens with zero attached hydrogens (tertiary/aromatic N) is 2. The molecule has 8 heteroatoms. The number of anilines is 1. The summed E-state index contributed by atoms with van der Waals surface area (Å²) >= 11 is 3.05. The van der Waals surface area contributed by atoms with Crippen molar-refractivity contribution >= 4 is 39.2 Å². The highest BCUT2D eigenvalue weighted by Gasteiger charge is 2.16. The molecule has 4 rings (SSSR count). The molecule has 26 heavy (non-hydrogen) atoms. The van der Waals surface area contributed by atoms with Crippen LogP contribution in [0.4, 0.5) is 5.69 Å². The first-order chi connectivity index (χ1) is 12.7. The van der Waals surface area contributed by atoms with Gasteiger partial charge in [0.25, 0.3) is 5.91 Å². The van der Waals surface area contributed by atoms with E-state index in [4.69, 9.17) is 9.47 Å². The predicted octanol–water partition coefficient (Wildman–Crippen LogP) is 4.39. The van der Waals surface area contributed by atoms with Gasteiger partial charge in [-0.1, -0.05) is 6.07 Å². The van der Waals surface area contributed by atoms with Crippen molar-refractivity contribution in [2.75, 3.05) is 19.5 Å². The Morgan fingerprint density at radius 1 is 1.15 bits per heavy atom. The van der Waals surface area contributed by atoms with E-state index in [0.717, 1.165) is 15.5 Å². The van der Waals surface area contributed by atoms with Crippen LogP contribution in [0.25, 0.3) is 15.5 Å². The molecular formula is C18H15N3O3S2. The molecule has 0 aliphatic carbocycles. The Labute approximate surface area is 157 Å². The molecule has 0 unspecified atom stereocenters. The molecule has 0 spiro atoms. The van der Waals surface area contributed by atoms with Gasteiger partial charge in [-0.3, -0.25) is 9.20 Å². The molecule has 6 nitrogen and oxygen atoms in total. The summed E-state index contributed by atoms with van der Waals surface area (Å²) in [4.78, 5) is 19.2. The van der Waals surface area contributed by atoms with Crippen LogP contribution in [-0.4, -0.2) is 29.5 Å². The van der Waals surface area contributed by atoms with Crippen LogP contribution in [0.2, 0.25) is 0 Å². The lowest BCUT2D eigenvalue weighted by Gasteiger charge is -2.09. The summed E-state index contributed by atoms with van der Waals surface area (Å²) in [5, 5.41) is 6.70. The van der Waals surface area contributed by atoms with Crippen molar-refractivity contribution in [2.24, 2.45) is 0 Å². The van der Waals surface area contributed by atoms with E-state index in [9.17, 15) is 4.79 Å². The number of carbonyl (C=O) groups excluding carboxylic acids is 1. The number of rotatable bonds is 5. The number of hydrogen-bond acceptors (Lipinski definition) is 6. The number of amides is 1. The van der Waals surface area contributed by atoms with Crippen LogP contribution in [0.5, 0.6) is 11.5 Å². The largest absolute Gasteiger partial charge is 0.497 e. The fourth-order valence-electron chi connectivity index (χ4n) is 2.56. The molecule has 1 amide bonds. The Balaban J connectivity index is 1.64. The van der Waals surface area contributed by atoms with Gasteiger partial charge in [0.1, 0.15) is 22.9 Å². The first-order valence-corrected chi connectivity index (χ1v) is 9.49. The van der Waals surface area contributed by atoms with Crippen LogP contribution in [0, 0.1) is 0 Å². The van der Waals surface area contributed by atoms with Gasteiger partial charge in [0.2, 0.25) is 0 Å². The molecule has 0 radical (unpaired) electrons. The number of carbonyl (C=O) groups is 1. The zero-order valence-electron chi connectivity index (χ0n) is 14.1. The quantitative estimate of drug-likeness (QED) is 0.553. The van der Waals surface area contributed by atoms with Gasteiger partial charge in [-0.15, -0.1) is 22.7 Å². The molecule has 1 aromatic carbocycles. The Bertz CT molecular complexity index is 1040. The predicted molar refractivity (Wildman–Crippen MR) is 104 cm³/mol. The number of benzene rings is 1. The average Bonchev–Trinajstić information content (AvgIpc) is 3.36. The lowest BCUT2D eigenvalue weighted by Crippen LogP contribution is -2.14. The third kappa shape index (κ3) is 3.04. The number of fused-ring (bicyclic) bond motifs is 1. The second kappa shape index (κ2) is 6.81. The van der Waals surface area contributed by atoms with E-state index in [1.165, 1.54) is 11.3 Å². The molecule has 1 N–H and O–H groups in total. The van der Waals surface area contributed by atoms with Crippen LogP contribution in [0.3, 0.4) is 0 Å². The summed E-state index contributed by atoms with van der Waals surface area (Å²) in [6, 6.07) is 9.24. The highest BCUT2D eigenvalue weighted by atomic mass is 32.1. The maximum atomic E-state index is 12.8. The first-order valence-electron chi connectivity index (χ1n) is 7.73. The Kier molecular flexibility index (Phi) is 4.36. The van der Waals surface area contributed by atoms with Crippen molar-refractivity contribution in [3.05, 3.63) is 53.0 Å². The third-order valence-corrected chi connectivity index (χ3v) is 5.56. The van der Waals surface area contributed by atoms with E-state index in [0.29, 0.717) is 22.9 Å². The second-order valence-electron chi connectivity index (χ2n) is 5.43. The number of thiazole rings is 1. The van der Waals surface area contributed by atoms with Crippen LogP contribution in [-0.2, 0) is 0 Å². The van der Waals surface area contributed by atoms with Crippen molar-refractivity contribution in [1.29, 1.82) is 0 Å². The summed E-state index contributed by atoms with van der Waals surface area (Å²) in [5.41, 5.74) is 2.00. The topological polar surface area (TPSA) is 64.9 Å². The van der Waals surface area contributed by atoms with Crippen LogP contribution >= 0.6 is 22.7 Å². The molecule has 3 heterocycles. The van der Waals surface area contributed by atoms with Crippen LogP contribution in [0.15, 0.2) is 47.3 Å². The molecule has 132 valence electrons. The van der Waals surface area contributed by atoms with Gasteiger partial charge in [-0.05, 0) is 11.4 Å². The van der Waals surface area contributed by atoms with E-state index in [2.05, 4.69) is 10.3 Å². The van der Waals surface area contributed by atoms with Gasteiger partial charge >= 0.3 is 0 Å². The van der Waals surface area contributed by atoms with E-state index >= 15 is 0 Å². The summed E-state index contributed by atoms with van der Waals surface area (Å²) < 4.78 is 12.3. The normalized spacial score (nSPS) is 10.8. The van der Waals surface area contributed by atoms with Gasteiger partial charge in [-0.25, -0.2) is 4.98 Å². The number of methoxy groups -OCH3 is 2. The Hall–Kier alpha value is -2.84. The molecule has 0 fully saturated rings. The molecule has 0 saturated carbocycles. The SMILES string of the molecule is COc1cc(NC(=O)c2csc3nc(-c4cccs4)cn23)cc(OC)c1. The Morgan fingerprint density at radius 3 is 2.58 bits per heavy atom. The maximum Gasteiger partial charge on any atom is 0.273 e. The summed E-state index contributed by atoms with van der Waals surface area (Å²) in [6.45, 7) is 0. The fraction of sp³-hybridized carbons (Fsp3) is 0.111. The number of aromatic nitrogens is 2. The molecule has 4 aromatic rings. The highest BCUT2D eigenvalue weighted by Crippen LogP contribution is 2.29. The van der Waals surface area contributed by atoms with Crippen molar-refractivity contribution in [2.45, 2.75) is 0 Å². The molecule has 3 aromatic heterocycles. The van der Waals surface area contributed by atoms with Crippen LogP contribution in [0.1, 0.15) is 10.5 Å². The number of thiophene rings is 1. The first kappa shape index (κ1) is 16.6. The number of hydrogen-bond donors (Lipinski definition) is 1. The van der Waals surface area contributed by atoms with Gasteiger partial charge in [0, 0.05) is 35.5 Å². The monoisotopic (exact) mass is 385 g/mol. The van der Waals surface area contributed by atoms with Crippen molar-refractivity contribution < 1.29 is 14.3 Å².